The van der Waals surface area contributed by atoms with Gasteiger partial charge in [-0.2, -0.15) is 26.3 Å². The maximum absolute atomic E-state index is 12.6. The summed E-state index contributed by atoms with van der Waals surface area (Å²) in [7, 11) is 0. The molecule has 2 aliphatic rings. The summed E-state index contributed by atoms with van der Waals surface area (Å²) in [6.45, 7) is 1.04. The van der Waals surface area contributed by atoms with Crippen LogP contribution < -0.4 is 0 Å². The molecule has 2 aliphatic heterocycles. The van der Waals surface area contributed by atoms with Crippen molar-refractivity contribution in [2.45, 2.75) is 31.0 Å². The summed E-state index contributed by atoms with van der Waals surface area (Å²) < 4.78 is 80.3. The first-order valence-electron chi connectivity index (χ1n) is 4.56. The molecule has 4 unspecified atom stereocenters. The zero-order valence-corrected chi connectivity index (χ0v) is 8.06. The van der Waals surface area contributed by atoms with E-state index < -0.39 is 35.9 Å². The van der Waals surface area contributed by atoms with E-state index in [2.05, 4.69) is 0 Å². The molecule has 1 saturated heterocycles. The number of hydrogen-bond acceptors (Lipinski definition) is 1. The summed E-state index contributed by atoms with van der Waals surface area (Å²) in [5.41, 5.74) is -1.89. The fourth-order valence-corrected chi connectivity index (χ4v) is 2.48. The average molecular weight is 246 g/mol. The second-order valence-corrected chi connectivity index (χ2v) is 4.21. The number of alkyl halides is 6. The lowest BCUT2D eigenvalue weighted by Gasteiger charge is -2.33. The highest BCUT2D eigenvalue weighted by Gasteiger charge is 2.70. The Hall–Kier alpha value is -0.720. The predicted molar refractivity (Wildman–Crippen MR) is 41.5 cm³/mol. The summed E-state index contributed by atoms with van der Waals surface area (Å²) in [5, 5.41) is 0. The van der Waals surface area contributed by atoms with Gasteiger partial charge in [0.1, 0.15) is 5.92 Å². The van der Waals surface area contributed by atoms with Crippen molar-refractivity contribution in [3.63, 3.8) is 0 Å². The van der Waals surface area contributed by atoms with E-state index in [1.807, 2.05) is 0 Å². The first-order chi connectivity index (χ1) is 7.06. The SMILES string of the molecule is CC12C=CC(O1)C(C(F)(F)F)C2C(F)(F)F. The quantitative estimate of drug-likeness (QED) is 0.471. The van der Waals surface area contributed by atoms with Crippen LogP contribution in [0.15, 0.2) is 12.2 Å². The molecule has 1 fully saturated rings. The molecule has 0 spiro atoms. The van der Waals surface area contributed by atoms with Gasteiger partial charge in [0.15, 0.2) is 0 Å². The van der Waals surface area contributed by atoms with E-state index in [1.54, 1.807) is 0 Å². The summed E-state index contributed by atoms with van der Waals surface area (Å²) >= 11 is 0. The predicted octanol–water partition coefficient (Wildman–Crippen LogP) is 3.07. The highest BCUT2D eigenvalue weighted by Crippen LogP contribution is 2.58. The number of halogens is 6. The van der Waals surface area contributed by atoms with Gasteiger partial charge in [-0.25, -0.2) is 0 Å². The van der Waals surface area contributed by atoms with Crippen LogP contribution in [0.2, 0.25) is 0 Å². The molecular formula is C9H8F6O. The van der Waals surface area contributed by atoms with E-state index in [-0.39, 0.29) is 0 Å². The standard InChI is InChI=1S/C9H8F6O/c1-7-3-2-4(16-7)5(8(10,11)12)6(7)9(13,14)15/h2-6H,1H3. The second-order valence-electron chi connectivity index (χ2n) is 4.21. The lowest BCUT2D eigenvalue weighted by Crippen LogP contribution is -2.48. The zero-order chi connectivity index (χ0) is 12.4. The molecule has 0 aliphatic carbocycles. The van der Waals surface area contributed by atoms with Gasteiger partial charge in [0.2, 0.25) is 0 Å². The fraction of sp³-hybridized carbons (Fsp3) is 0.778. The maximum atomic E-state index is 12.6. The van der Waals surface area contributed by atoms with Crippen LogP contribution in [-0.2, 0) is 4.74 Å². The van der Waals surface area contributed by atoms with Gasteiger partial charge in [-0.05, 0) is 6.92 Å². The number of hydrogen-bond donors (Lipinski definition) is 0. The van der Waals surface area contributed by atoms with Gasteiger partial charge in [-0.15, -0.1) is 0 Å². The van der Waals surface area contributed by atoms with E-state index in [4.69, 9.17) is 4.74 Å². The lowest BCUT2D eigenvalue weighted by molar-refractivity contribution is -0.253. The molecule has 0 aromatic carbocycles. The highest BCUT2D eigenvalue weighted by atomic mass is 19.4. The van der Waals surface area contributed by atoms with Crippen molar-refractivity contribution in [3.05, 3.63) is 12.2 Å². The molecular weight excluding hydrogens is 238 g/mol. The van der Waals surface area contributed by atoms with E-state index in [0.29, 0.717) is 0 Å². The Morgan fingerprint density at radius 2 is 1.62 bits per heavy atom. The van der Waals surface area contributed by atoms with Crippen LogP contribution in [0.5, 0.6) is 0 Å². The molecule has 0 N–H and O–H groups in total. The van der Waals surface area contributed by atoms with Crippen molar-refractivity contribution in [2.24, 2.45) is 11.8 Å². The minimum absolute atomic E-state index is 1.04. The first kappa shape index (κ1) is 11.8. The van der Waals surface area contributed by atoms with Gasteiger partial charge in [-0.3, -0.25) is 0 Å². The third-order valence-electron chi connectivity index (χ3n) is 3.07. The molecule has 0 radical (unpaired) electrons. The first-order valence-corrected chi connectivity index (χ1v) is 4.56. The van der Waals surface area contributed by atoms with Crippen LogP contribution >= 0.6 is 0 Å². The fourth-order valence-electron chi connectivity index (χ4n) is 2.48. The van der Waals surface area contributed by atoms with E-state index in [9.17, 15) is 26.3 Å². The van der Waals surface area contributed by atoms with Crippen molar-refractivity contribution in [3.8, 4) is 0 Å². The normalized spacial score (nSPS) is 43.1. The minimum atomic E-state index is -4.92. The van der Waals surface area contributed by atoms with Crippen molar-refractivity contribution in [1.82, 2.24) is 0 Å². The van der Waals surface area contributed by atoms with Gasteiger partial charge in [0.25, 0.3) is 0 Å². The second kappa shape index (κ2) is 2.94. The number of fused-ring (bicyclic) bond motifs is 2. The molecule has 2 rings (SSSR count). The number of rotatable bonds is 0. The third kappa shape index (κ3) is 1.52. The Balaban J connectivity index is 2.43. The van der Waals surface area contributed by atoms with E-state index in [1.165, 1.54) is 0 Å². The van der Waals surface area contributed by atoms with Gasteiger partial charge in [-0.1, -0.05) is 12.2 Å². The highest BCUT2D eigenvalue weighted by molar-refractivity contribution is 5.23. The molecule has 92 valence electrons. The van der Waals surface area contributed by atoms with Crippen molar-refractivity contribution in [1.29, 1.82) is 0 Å². The largest absolute Gasteiger partial charge is 0.395 e. The van der Waals surface area contributed by atoms with E-state index in [0.717, 1.165) is 19.1 Å². The molecule has 0 aromatic rings. The summed E-state index contributed by atoms with van der Waals surface area (Å²) in [6, 6.07) is 0. The molecule has 0 amide bonds. The Morgan fingerprint density at radius 1 is 1.06 bits per heavy atom. The van der Waals surface area contributed by atoms with Gasteiger partial charge in [0, 0.05) is 0 Å². The molecule has 2 heterocycles. The Morgan fingerprint density at radius 3 is 2.00 bits per heavy atom. The molecule has 1 nitrogen and oxygen atoms in total. The van der Waals surface area contributed by atoms with Gasteiger partial charge >= 0.3 is 12.4 Å². The Bertz CT molecular complexity index is 330. The molecule has 4 atom stereocenters. The average Bonchev–Trinajstić information content (AvgIpc) is 2.52. The van der Waals surface area contributed by atoms with Crippen LogP contribution in [0.1, 0.15) is 6.92 Å². The lowest BCUT2D eigenvalue weighted by atomic mass is 9.75. The molecule has 0 aromatic heterocycles. The molecule has 2 bridgehead atoms. The van der Waals surface area contributed by atoms with Crippen molar-refractivity contribution >= 4 is 0 Å². The van der Waals surface area contributed by atoms with Crippen LogP contribution in [0.4, 0.5) is 26.3 Å². The number of ether oxygens (including phenoxy) is 1. The smallest absolute Gasteiger partial charge is 0.363 e. The monoisotopic (exact) mass is 246 g/mol. The van der Waals surface area contributed by atoms with Crippen LogP contribution in [0.25, 0.3) is 0 Å². The summed E-state index contributed by atoms with van der Waals surface area (Å²) in [5.74, 6) is -5.02. The van der Waals surface area contributed by atoms with Crippen LogP contribution in [0, 0.1) is 11.8 Å². The van der Waals surface area contributed by atoms with Gasteiger partial charge < -0.3 is 4.74 Å². The zero-order valence-electron chi connectivity index (χ0n) is 8.06. The summed E-state index contributed by atoms with van der Waals surface area (Å²) in [6.07, 6.45) is -9.23. The topological polar surface area (TPSA) is 9.23 Å². The maximum Gasteiger partial charge on any atom is 0.395 e. The van der Waals surface area contributed by atoms with Crippen molar-refractivity contribution in [2.75, 3.05) is 0 Å². The Kier molecular flexibility index (Phi) is 2.16. The Labute approximate surface area is 87.1 Å². The van der Waals surface area contributed by atoms with E-state index >= 15 is 0 Å². The van der Waals surface area contributed by atoms with Crippen LogP contribution in [-0.4, -0.2) is 24.1 Å². The van der Waals surface area contributed by atoms with Crippen molar-refractivity contribution < 1.29 is 31.1 Å². The third-order valence-corrected chi connectivity index (χ3v) is 3.07. The minimum Gasteiger partial charge on any atom is -0.363 e. The van der Waals surface area contributed by atoms with Gasteiger partial charge in [0.05, 0.1) is 17.6 Å². The molecule has 0 saturated carbocycles. The summed E-state index contributed by atoms with van der Waals surface area (Å²) in [4.78, 5) is 0. The van der Waals surface area contributed by atoms with Crippen LogP contribution in [0.3, 0.4) is 0 Å². The molecule has 7 heteroatoms. The molecule has 16 heavy (non-hydrogen) atoms.